The molecule has 0 spiro atoms. The van der Waals surface area contributed by atoms with Gasteiger partial charge in [0.1, 0.15) is 17.4 Å². The van der Waals surface area contributed by atoms with E-state index in [9.17, 15) is 18.0 Å². The van der Waals surface area contributed by atoms with Gasteiger partial charge >= 0.3 is 18.0 Å². The number of amides is 1. The number of carbonyl (C=O) groups is 1. The third kappa shape index (κ3) is 3.45. The number of hydrogen-bond donors (Lipinski definition) is 1. The second-order valence-corrected chi connectivity index (χ2v) is 8.07. The van der Waals surface area contributed by atoms with E-state index in [1.807, 2.05) is 0 Å². The van der Waals surface area contributed by atoms with Crippen LogP contribution in [0.15, 0.2) is 47.5 Å². The average Bonchev–Trinajstić information content (AvgIpc) is 3.62. The lowest BCUT2D eigenvalue weighted by Crippen LogP contribution is -2.41. The molecule has 6 heterocycles. The van der Waals surface area contributed by atoms with E-state index in [1.165, 1.54) is 29.4 Å². The monoisotopic (exact) mass is 483 g/mol. The number of hydrogen-bond acceptors (Lipinski definition) is 7. The minimum atomic E-state index is -4.60. The molecule has 5 aromatic heterocycles. The highest BCUT2D eigenvalue weighted by Crippen LogP contribution is 2.36. The normalized spacial score (nSPS) is 16.1. The van der Waals surface area contributed by atoms with E-state index in [0.29, 0.717) is 17.8 Å². The molecular formula is C21H16F3N9O2. The van der Waals surface area contributed by atoms with Crippen LogP contribution >= 0.6 is 0 Å². The second kappa shape index (κ2) is 7.51. The molecule has 0 saturated carbocycles. The molecule has 0 aromatic carbocycles. The minimum absolute atomic E-state index is 0.0746. The molecule has 0 unspecified atom stereocenters. The van der Waals surface area contributed by atoms with Crippen molar-refractivity contribution in [2.45, 2.75) is 18.6 Å². The minimum Gasteiger partial charge on any atom is -0.411 e. The van der Waals surface area contributed by atoms with Crippen LogP contribution in [0.1, 0.15) is 39.5 Å². The first-order valence-electron chi connectivity index (χ1n) is 10.5. The molecule has 1 aliphatic heterocycles. The van der Waals surface area contributed by atoms with Crippen LogP contribution in [-0.4, -0.2) is 56.7 Å². The lowest BCUT2D eigenvalue weighted by molar-refractivity contribution is -0.142. The number of halogens is 3. The maximum atomic E-state index is 13.6. The Morgan fingerprint density at radius 1 is 1.23 bits per heavy atom. The summed E-state index contributed by atoms with van der Waals surface area (Å²) in [6.45, 7) is 0.236. The van der Waals surface area contributed by atoms with Crippen molar-refractivity contribution in [2.75, 3.05) is 6.54 Å². The van der Waals surface area contributed by atoms with Crippen molar-refractivity contribution >= 4 is 11.4 Å². The number of alkyl halides is 3. The van der Waals surface area contributed by atoms with Crippen molar-refractivity contribution in [1.29, 1.82) is 0 Å². The maximum absolute atomic E-state index is 13.6. The third-order valence-electron chi connectivity index (χ3n) is 5.79. The average molecular weight is 483 g/mol. The summed E-state index contributed by atoms with van der Waals surface area (Å²) >= 11 is 0. The van der Waals surface area contributed by atoms with Gasteiger partial charge in [-0.05, 0) is 18.2 Å². The molecular weight excluding hydrogens is 467 g/mol. The lowest BCUT2D eigenvalue weighted by atomic mass is 9.99. The molecule has 0 bridgehead atoms. The maximum Gasteiger partial charge on any atom is 0.433 e. The topological polar surface area (TPSA) is 123 Å². The summed E-state index contributed by atoms with van der Waals surface area (Å²) in [5.74, 6) is -0.786. The molecule has 11 nitrogen and oxygen atoms in total. The number of nitrogens with one attached hydrogen (secondary N) is 1. The predicted molar refractivity (Wildman–Crippen MR) is 112 cm³/mol. The number of aromatic nitrogens is 8. The lowest BCUT2D eigenvalue weighted by Gasteiger charge is -2.32. The first-order chi connectivity index (χ1) is 16.8. The van der Waals surface area contributed by atoms with Gasteiger partial charge in [-0.3, -0.25) is 4.79 Å². The fourth-order valence-electron chi connectivity index (χ4n) is 4.24. The van der Waals surface area contributed by atoms with Gasteiger partial charge in [-0.2, -0.15) is 18.3 Å². The largest absolute Gasteiger partial charge is 0.433 e. The second-order valence-electron chi connectivity index (χ2n) is 8.07. The summed E-state index contributed by atoms with van der Waals surface area (Å²) in [6, 6.07) is 4.43. The fraction of sp³-hybridized carbons (Fsp3) is 0.238. The Bertz CT molecular complexity index is 1560. The van der Waals surface area contributed by atoms with Crippen molar-refractivity contribution < 1.29 is 22.4 Å². The summed E-state index contributed by atoms with van der Waals surface area (Å²) in [4.78, 5) is 26.4. The number of H-pyrrole nitrogens is 1. The number of imidazole rings is 2. The zero-order valence-corrected chi connectivity index (χ0v) is 18.1. The Hall–Kier alpha value is -4.49. The predicted octanol–water partition coefficient (Wildman–Crippen LogP) is 2.65. The van der Waals surface area contributed by atoms with Crippen molar-refractivity contribution in [1.82, 2.24) is 44.2 Å². The molecule has 0 saturated heterocycles. The van der Waals surface area contributed by atoms with E-state index in [2.05, 4.69) is 30.2 Å². The Labute approximate surface area is 194 Å². The smallest absolute Gasteiger partial charge is 0.411 e. The van der Waals surface area contributed by atoms with Gasteiger partial charge in [-0.25, -0.2) is 14.5 Å². The molecule has 14 heteroatoms. The summed E-state index contributed by atoms with van der Waals surface area (Å²) in [7, 11) is 1.78. The van der Waals surface area contributed by atoms with Crippen LogP contribution in [0.4, 0.5) is 13.2 Å². The molecule has 0 fully saturated rings. The first kappa shape index (κ1) is 21.1. The molecule has 0 aliphatic carbocycles. The van der Waals surface area contributed by atoms with Crippen LogP contribution < -0.4 is 0 Å². The Morgan fingerprint density at radius 3 is 2.86 bits per heavy atom. The quantitative estimate of drug-likeness (QED) is 0.419. The van der Waals surface area contributed by atoms with Gasteiger partial charge in [0, 0.05) is 31.9 Å². The first-order valence-corrected chi connectivity index (χ1v) is 10.5. The molecule has 35 heavy (non-hydrogen) atoms. The molecule has 0 radical (unpaired) electrons. The number of rotatable bonds is 3. The van der Waals surface area contributed by atoms with E-state index in [0.717, 1.165) is 16.3 Å². The SMILES string of the molecule is Cn1cnc(-c2nnc(C(=O)N3CCc4[nH]cnc4[C@@H]3c3cc4cccc(C(F)(F)F)n4n3)o2)c1. The van der Waals surface area contributed by atoms with Gasteiger partial charge in [0.05, 0.1) is 29.6 Å². The van der Waals surface area contributed by atoms with Gasteiger partial charge in [0.2, 0.25) is 0 Å². The van der Waals surface area contributed by atoms with Crippen molar-refractivity contribution in [3.8, 4) is 11.6 Å². The number of aromatic amines is 1. The van der Waals surface area contributed by atoms with Crippen LogP contribution in [0, 0.1) is 0 Å². The van der Waals surface area contributed by atoms with E-state index in [1.54, 1.807) is 24.1 Å². The fourth-order valence-corrected chi connectivity index (χ4v) is 4.24. The summed E-state index contributed by atoms with van der Waals surface area (Å²) < 4.78 is 48.8. The molecule has 1 amide bonds. The summed E-state index contributed by atoms with van der Waals surface area (Å²) in [5.41, 5.74) is 1.21. The third-order valence-corrected chi connectivity index (χ3v) is 5.79. The van der Waals surface area contributed by atoms with E-state index in [-0.39, 0.29) is 29.5 Å². The van der Waals surface area contributed by atoms with E-state index in [4.69, 9.17) is 4.42 Å². The van der Waals surface area contributed by atoms with Gasteiger partial charge < -0.3 is 18.9 Å². The van der Waals surface area contributed by atoms with Gasteiger partial charge in [0.25, 0.3) is 5.89 Å². The standard InChI is InChI=1S/C21H16F3N9O2/c1-31-8-14(27-10-31)18-28-29-19(35-18)20(34)32-6-5-12-16(26-9-25-12)17(32)13-7-11-3-2-4-15(21(22,23)24)33(11)30-13/h2-4,7-10,17H,5-6H2,1H3,(H,25,26)/t17-/m0/s1. The highest BCUT2D eigenvalue weighted by atomic mass is 19.4. The van der Waals surface area contributed by atoms with Crippen molar-refractivity contribution in [3.05, 3.63) is 71.8 Å². The van der Waals surface area contributed by atoms with Crippen molar-refractivity contribution in [3.63, 3.8) is 0 Å². The highest BCUT2D eigenvalue weighted by Gasteiger charge is 2.39. The molecule has 6 rings (SSSR count). The molecule has 5 aromatic rings. The number of nitrogens with zero attached hydrogens (tertiary/aromatic N) is 8. The number of carbonyl (C=O) groups excluding carboxylic acids is 1. The Balaban J connectivity index is 1.42. The number of pyridine rings is 1. The Morgan fingerprint density at radius 2 is 2.09 bits per heavy atom. The van der Waals surface area contributed by atoms with Gasteiger partial charge in [0.15, 0.2) is 0 Å². The van der Waals surface area contributed by atoms with Gasteiger partial charge in [-0.1, -0.05) is 6.07 Å². The highest BCUT2D eigenvalue weighted by molar-refractivity contribution is 5.90. The molecule has 1 atom stereocenters. The van der Waals surface area contributed by atoms with Gasteiger partial charge in [-0.15, -0.1) is 10.2 Å². The zero-order valence-electron chi connectivity index (χ0n) is 18.1. The summed E-state index contributed by atoms with van der Waals surface area (Å²) in [6.07, 6.45) is 0.554. The van der Waals surface area contributed by atoms with Crippen molar-refractivity contribution in [2.24, 2.45) is 7.05 Å². The van der Waals surface area contributed by atoms with E-state index < -0.39 is 23.8 Å². The number of fused-ring (bicyclic) bond motifs is 2. The zero-order chi connectivity index (χ0) is 24.3. The van der Waals surface area contributed by atoms with E-state index >= 15 is 0 Å². The molecule has 1 N–H and O–H groups in total. The summed E-state index contributed by atoms with van der Waals surface area (Å²) in [5, 5.41) is 12.0. The van der Waals surface area contributed by atoms with Crippen LogP contribution in [0.5, 0.6) is 0 Å². The van der Waals surface area contributed by atoms with Crippen LogP contribution in [0.25, 0.3) is 17.1 Å². The number of aryl methyl sites for hydroxylation is 1. The molecule has 178 valence electrons. The Kier molecular flexibility index (Phi) is 4.52. The molecule has 1 aliphatic rings. The van der Waals surface area contributed by atoms with Crippen LogP contribution in [0.3, 0.4) is 0 Å². The van der Waals surface area contributed by atoms with Crippen LogP contribution in [-0.2, 0) is 19.6 Å². The van der Waals surface area contributed by atoms with Crippen LogP contribution in [0.2, 0.25) is 0 Å².